The maximum atomic E-state index is 12.2. The van der Waals surface area contributed by atoms with Crippen LogP contribution in [-0.2, 0) is 11.3 Å². The third-order valence-electron chi connectivity index (χ3n) is 5.00. The average molecular weight is 519 g/mol. The van der Waals surface area contributed by atoms with Crippen LogP contribution < -0.4 is 4.90 Å². The highest BCUT2D eigenvalue weighted by molar-refractivity contribution is 9.11. The van der Waals surface area contributed by atoms with Crippen molar-refractivity contribution >= 4 is 40.5 Å². The van der Waals surface area contributed by atoms with Crippen molar-refractivity contribution in [3.05, 3.63) is 52.0 Å². The molecular formula is C23H33BrF2N2O2S. The summed E-state index contributed by atoms with van der Waals surface area (Å²) >= 11 is 7.60. The molecule has 0 saturated carbocycles. The van der Waals surface area contributed by atoms with E-state index in [1.807, 2.05) is 28.3 Å². The van der Waals surface area contributed by atoms with E-state index in [0.29, 0.717) is 6.61 Å². The fourth-order valence-electron chi connectivity index (χ4n) is 3.30. The smallest absolute Gasteiger partial charge is 0.414 e. The second-order valence-corrected chi connectivity index (χ2v) is 8.83. The second-order valence-electron chi connectivity index (χ2n) is 7.31. The Morgan fingerprint density at radius 1 is 1.35 bits per heavy atom. The van der Waals surface area contributed by atoms with E-state index in [4.69, 9.17) is 4.74 Å². The molecule has 0 radical (unpaired) electrons. The summed E-state index contributed by atoms with van der Waals surface area (Å²) in [5.74, 6) is 0. The summed E-state index contributed by atoms with van der Waals surface area (Å²) in [6, 6.07) is 6.33. The molecule has 1 aromatic rings. The number of anilines is 1. The van der Waals surface area contributed by atoms with Gasteiger partial charge in [-0.2, -0.15) is 0 Å². The minimum Gasteiger partial charge on any atom is -0.444 e. The Morgan fingerprint density at radius 2 is 1.97 bits per heavy atom. The van der Waals surface area contributed by atoms with Crippen LogP contribution in [0.3, 0.4) is 0 Å². The number of hydrogen-bond acceptors (Lipinski definition) is 4. The monoisotopic (exact) mass is 518 g/mol. The molecule has 8 heteroatoms. The molecule has 0 aliphatic carbocycles. The van der Waals surface area contributed by atoms with Crippen LogP contribution in [0.15, 0.2) is 40.9 Å². The fourth-order valence-corrected chi connectivity index (χ4v) is 3.63. The minimum absolute atomic E-state index is 0.209. The summed E-state index contributed by atoms with van der Waals surface area (Å²) in [6.45, 7) is 10.4. The normalized spacial score (nSPS) is 17.3. The lowest BCUT2D eigenvalue weighted by molar-refractivity contribution is 0.136. The molecule has 2 heterocycles. The molecule has 1 saturated heterocycles. The van der Waals surface area contributed by atoms with E-state index in [1.54, 1.807) is 6.92 Å². The van der Waals surface area contributed by atoms with Crippen molar-refractivity contribution in [2.75, 3.05) is 31.3 Å². The molecule has 0 bridgehead atoms. The van der Waals surface area contributed by atoms with Gasteiger partial charge in [0.25, 0.3) is 0 Å². The zero-order valence-electron chi connectivity index (χ0n) is 18.5. The number of aryl methyl sites for hydroxylation is 1. The molecule has 1 aromatic carbocycles. The quantitative estimate of drug-likeness (QED) is 0.346. The molecule has 1 amide bonds. The molecule has 0 N–H and O–H groups in total. The number of benzene rings is 1. The fraction of sp³-hybridized carbons (Fsp3) is 0.522. The van der Waals surface area contributed by atoms with Gasteiger partial charge in [-0.15, -0.1) is 6.58 Å². The van der Waals surface area contributed by atoms with E-state index in [-0.39, 0.29) is 18.8 Å². The summed E-state index contributed by atoms with van der Waals surface area (Å²) in [6.07, 6.45) is 3.76. The highest BCUT2D eigenvalue weighted by Crippen LogP contribution is 2.34. The first-order chi connectivity index (χ1) is 14.8. The molecule has 1 fully saturated rings. The van der Waals surface area contributed by atoms with Gasteiger partial charge in [0.1, 0.15) is 20.0 Å². The van der Waals surface area contributed by atoms with Gasteiger partial charge in [-0.05, 0) is 48.7 Å². The van der Waals surface area contributed by atoms with Crippen molar-refractivity contribution in [1.29, 1.82) is 0 Å². The summed E-state index contributed by atoms with van der Waals surface area (Å²) in [5, 5.41) is 0. The van der Waals surface area contributed by atoms with Crippen molar-refractivity contribution in [2.45, 2.75) is 52.7 Å². The number of nitrogens with zero attached hydrogens (tertiary/aromatic N) is 2. The second kappa shape index (κ2) is 14.6. The van der Waals surface area contributed by atoms with E-state index in [0.717, 1.165) is 59.2 Å². The van der Waals surface area contributed by atoms with Crippen molar-refractivity contribution in [2.24, 2.45) is 0 Å². The minimum atomic E-state index is -0.417. The molecule has 0 aromatic heterocycles. The zero-order chi connectivity index (χ0) is 23.4. The Balaban J connectivity index is 0.000000336. The van der Waals surface area contributed by atoms with Gasteiger partial charge in [0.05, 0.1) is 5.69 Å². The first-order valence-electron chi connectivity index (χ1n) is 10.4. The number of rotatable bonds is 4. The predicted molar refractivity (Wildman–Crippen MR) is 131 cm³/mol. The maximum Gasteiger partial charge on any atom is 0.414 e. The van der Waals surface area contributed by atoms with Gasteiger partial charge in [-0.25, -0.2) is 13.6 Å². The number of fused-ring (bicyclic) bond motifs is 1. The SMILES string of the molecule is C=CCF.CC/C(Br)=C(\C)CF.Cc1cccc2c1N(C1CCN(S)CC1)C(=O)OC2. The number of hydrogen-bond donors (Lipinski definition) is 1. The number of para-hydroxylation sites is 1. The number of carbonyl (C=O) groups excluding carboxylic acids is 1. The van der Waals surface area contributed by atoms with Gasteiger partial charge in [-0.1, -0.05) is 59.9 Å². The first-order valence-corrected chi connectivity index (χ1v) is 11.5. The lowest BCUT2D eigenvalue weighted by Gasteiger charge is -2.39. The third kappa shape index (κ3) is 8.58. The van der Waals surface area contributed by atoms with E-state index < -0.39 is 6.67 Å². The lowest BCUT2D eigenvalue weighted by Crippen LogP contribution is -2.48. The standard InChI is InChI=1S/C14H18N2O2S.C6H10BrF.C3H5F/c1-10-3-2-4-11-9-18-14(17)16(13(10)11)12-5-7-15(19)8-6-12;1-3-6(7)5(2)4-8;1-2-3-4/h2-4,12,19H,5-9H2,1H3;3-4H2,1-2H3;2H,1,3H2/b;6-5-;. The number of allylic oxidation sites excluding steroid dienone is 3. The highest BCUT2D eigenvalue weighted by atomic mass is 79.9. The predicted octanol–water partition coefficient (Wildman–Crippen LogP) is 6.94. The average Bonchev–Trinajstić information content (AvgIpc) is 2.79. The molecule has 3 rings (SSSR count). The van der Waals surface area contributed by atoms with E-state index >= 15 is 0 Å². The van der Waals surface area contributed by atoms with Crippen LogP contribution in [0.1, 0.15) is 44.2 Å². The van der Waals surface area contributed by atoms with E-state index in [1.165, 1.54) is 6.08 Å². The van der Waals surface area contributed by atoms with Crippen LogP contribution in [0, 0.1) is 6.92 Å². The number of halogens is 3. The molecule has 0 unspecified atom stereocenters. The number of carbonyl (C=O) groups is 1. The van der Waals surface area contributed by atoms with Gasteiger partial charge in [0, 0.05) is 24.7 Å². The Kier molecular flexibility index (Phi) is 13.1. The number of cyclic esters (lactones) is 1. The first kappa shape index (κ1) is 27.7. The lowest BCUT2D eigenvalue weighted by atomic mass is 10.00. The van der Waals surface area contributed by atoms with Crippen LogP contribution in [0.25, 0.3) is 0 Å². The topological polar surface area (TPSA) is 32.8 Å². The van der Waals surface area contributed by atoms with Crippen molar-refractivity contribution < 1.29 is 18.3 Å². The largest absolute Gasteiger partial charge is 0.444 e. The number of alkyl halides is 2. The molecular weight excluding hydrogens is 486 g/mol. The molecule has 2 aliphatic heterocycles. The molecule has 31 heavy (non-hydrogen) atoms. The third-order valence-corrected chi connectivity index (χ3v) is 6.64. The Morgan fingerprint density at radius 3 is 2.45 bits per heavy atom. The number of piperidine rings is 1. The Labute approximate surface area is 199 Å². The number of thiol groups is 1. The van der Waals surface area contributed by atoms with Crippen LogP contribution in [0.2, 0.25) is 0 Å². The summed E-state index contributed by atoms with van der Waals surface area (Å²) < 4.78 is 30.6. The molecule has 174 valence electrons. The van der Waals surface area contributed by atoms with Crippen molar-refractivity contribution in [3.63, 3.8) is 0 Å². The summed E-state index contributed by atoms with van der Waals surface area (Å²) in [7, 11) is 0. The summed E-state index contributed by atoms with van der Waals surface area (Å²) in [5.41, 5.74) is 4.10. The molecule has 0 atom stereocenters. The van der Waals surface area contributed by atoms with Crippen molar-refractivity contribution in [1.82, 2.24) is 4.31 Å². The molecule has 4 nitrogen and oxygen atoms in total. The number of ether oxygens (including phenoxy) is 1. The van der Waals surface area contributed by atoms with Crippen LogP contribution >= 0.6 is 28.7 Å². The maximum absolute atomic E-state index is 12.2. The van der Waals surface area contributed by atoms with Crippen LogP contribution in [0.4, 0.5) is 19.3 Å². The zero-order valence-corrected chi connectivity index (χ0v) is 21.0. The highest BCUT2D eigenvalue weighted by Gasteiger charge is 2.34. The number of amides is 1. The van der Waals surface area contributed by atoms with Gasteiger partial charge in [0.15, 0.2) is 0 Å². The van der Waals surface area contributed by atoms with Crippen molar-refractivity contribution in [3.8, 4) is 0 Å². The van der Waals surface area contributed by atoms with Gasteiger partial charge >= 0.3 is 6.09 Å². The van der Waals surface area contributed by atoms with Crippen LogP contribution in [-0.4, -0.2) is 42.9 Å². The van der Waals surface area contributed by atoms with E-state index in [9.17, 15) is 13.6 Å². The summed E-state index contributed by atoms with van der Waals surface area (Å²) in [4.78, 5) is 14.0. The van der Waals surface area contributed by atoms with Crippen LogP contribution in [0.5, 0.6) is 0 Å². The van der Waals surface area contributed by atoms with Gasteiger partial charge < -0.3 is 4.74 Å². The van der Waals surface area contributed by atoms with Gasteiger partial charge in [-0.3, -0.25) is 9.21 Å². The van der Waals surface area contributed by atoms with Gasteiger partial charge in [0.2, 0.25) is 0 Å². The van der Waals surface area contributed by atoms with E-state index in [2.05, 4.69) is 48.3 Å². The Bertz CT molecular complexity index is 741. The molecule has 2 aliphatic rings. The Hall–Kier alpha value is -1.38. The molecule has 0 spiro atoms.